The second kappa shape index (κ2) is 10.8. The fraction of sp³-hybridized carbons (Fsp3) is 0.280. The Hall–Kier alpha value is -3.93. The quantitative estimate of drug-likeness (QED) is 0.261. The highest BCUT2D eigenvalue weighted by Gasteiger charge is 2.36. The molecule has 13 heteroatoms. The lowest BCUT2D eigenvalue weighted by atomic mass is 10.1. The Kier molecular flexibility index (Phi) is 7.72. The summed E-state index contributed by atoms with van der Waals surface area (Å²) in [5.41, 5.74) is 5.96. The Morgan fingerprint density at radius 2 is 1.76 bits per heavy atom. The van der Waals surface area contributed by atoms with Gasteiger partial charge in [0, 0.05) is 57.0 Å². The summed E-state index contributed by atoms with van der Waals surface area (Å²) in [5, 5.41) is -0.139. The molecule has 2 N–H and O–H groups in total. The van der Waals surface area contributed by atoms with E-state index >= 15 is 0 Å². The molecule has 0 radical (unpaired) electrons. The molecule has 1 aromatic heterocycles. The number of carbonyl (C=O) groups excluding carboxylic acids is 2. The number of piperazine rings is 1. The molecule has 0 spiro atoms. The number of hydrogen-bond donors (Lipinski definition) is 1. The standard InChI is InChI=1S/C25H23ClF4N6O2/c1-15(36-22(37)6-7-23(36)38)33-21(14-20(31)16-4-5-19(27)18(26)13-16)34-9-11-35(12-10-34)24-17(25(28,29)30)3-2-8-32-24/h2-5,8,13-14H,1,6-7,9-12,31H2/b20-14-,33-21+. The van der Waals surface area contributed by atoms with Crippen LogP contribution in [-0.4, -0.2) is 58.6 Å². The minimum absolute atomic E-state index is 0.0407. The maximum atomic E-state index is 13.6. The molecule has 0 aliphatic carbocycles. The van der Waals surface area contributed by atoms with Crippen molar-refractivity contribution in [2.24, 2.45) is 10.7 Å². The van der Waals surface area contributed by atoms with Gasteiger partial charge in [0.15, 0.2) is 0 Å². The van der Waals surface area contributed by atoms with Crippen molar-refractivity contribution in [1.29, 1.82) is 0 Å². The van der Waals surface area contributed by atoms with Gasteiger partial charge in [-0.05, 0) is 35.9 Å². The maximum absolute atomic E-state index is 13.6. The van der Waals surface area contributed by atoms with E-state index < -0.39 is 29.4 Å². The third kappa shape index (κ3) is 5.80. The number of alkyl halides is 3. The fourth-order valence-corrected chi connectivity index (χ4v) is 4.34. The van der Waals surface area contributed by atoms with Gasteiger partial charge < -0.3 is 15.5 Å². The van der Waals surface area contributed by atoms with Crippen molar-refractivity contribution in [2.75, 3.05) is 31.1 Å². The van der Waals surface area contributed by atoms with Gasteiger partial charge in [0.25, 0.3) is 0 Å². The number of likely N-dealkylation sites (tertiary alicyclic amines) is 1. The first-order chi connectivity index (χ1) is 18.0. The molecule has 200 valence electrons. The third-order valence-electron chi connectivity index (χ3n) is 6.09. The highest BCUT2D eigenvalue weighted by Crippen LogP contribution is 2.35. The number of halogens is 5. The summed E-state index contributed by atoms with van der Waals surface area (Å²) in [6.07, 6.45) is -1.72. The second-order valence-corrected chi connectivity index (χ2v) is 8.99. The summed E-state index contributed by atoms with van der Waals surface area (Å²) in [4.78, 5) is 36.8. The molecule has 2 saturated heterocycles. The number of nitrogens with two attached hydrogens (primary N) is 1. The summed E-state index contributed by atoms with van der Waals surface area (Å²) >= 11 is 5.88. The van der Waals surface area contributed by atoms with Gasteiger partial charge in [-0.15, -0.1) is 0 Å². The summed E-state index contributed by atoms with van der Waals surface area (Å²) in [6.45, 7) is 4.54. The van der Waals surface area contributed by atoms with Crippen molar-refractivity contribution in [3.63, 3.8) is 0 Å². The minimum atomic E-state index is -4.56. The van der Waals surface area contributed by atoms with Crippen molar-refractivity contribution in [1.82, 2.24) is 14.8 Å². The topological polar surface area (TPSA) is 95.1 Å². The number of amides is 2. The number of imide groups is 1. The highest BCUT2D eigenvalue weighted by molar-refractivity contribution is 6.30. The lowest BCUT2D eigenvalue weighted by Gasteiger charge is -2.37. The number of hydrogen-bond acceptors (Lipinski definition) is 6. The summed E-state index contributed by atoms with van der Waals surface area (Å²) < 4.78 is 54.1. The van der Waals surface area contributed by atoms with Gasteiger partial charge in [-0.1, -0.05) is 18.2 Å². The number of anilines is 1. The Labute approximate surface area is 220 Å². The molecule has 0 bridgehead atoms. The Morgan fingerprint density at radius 3 is 2.37 bits per heavy atom. The second-order valence-electron chi connectivity index (χ2n) is 8.58. The van der Waals surface area contributed by atoms with Crippen LogP contribution < -0.4 is 10.6 Å². The van der Waals surface area contributed by atoms with E-state index in [1.807, 2.05) is 0 Å². The van der Waals surface area contributed by atoms with E-state index in [4.69, 9.17) is 17.3 Å². The number of benzene rings is 1. The number of pyridine rings is 1. The van der Waals surface area contributed by atoms with Crippen LogP contribution in [0.4, 0.5) is 23.4 Å². The Balaban J connectivity index is 1.63. The molecule has 3 heterocycles. The molecule has 1 aromatic carbocycles. The zero-order valence-corrected chi connectivity index (χ0v) is 20.8. The van der Waals surface area contributed by atoms with Gasteiger partial charge in [0.05, 0.1) is 10.6 Å². The van der Waals surface area contributed by atoms with E-state index in [0.29, 0.717) is 5.56 Å². The number of carbonyl (C=O) groups is 2. The molecule has 4 rings (SSSR count). The van der Waals surface area contributed by atoms with E-state index in [1.165, 1.54) is 35.4 Å². The van der Waals surface area contributed by atoms with Crippen LogP contribution >= 0.6 is 11.6 Å². The van der Waals surface area contributed by atoms with Gasteiger partial charge in [-0.3, -0.25) is 9.59 Å². The molecule has 38 heavy (non-hydrogen) atoms. The molecule has 0 saturated carbocycles. The van der Waals surface area contributed by atoms with Gasteiger partial charge in [-0.2, -0.15) is 13.2 Å². The molecule has 2 amide bonds. The third-order valence-corrected chi connectivity index (χ3v) is 6.38. The number of aliphatic imine (C=N–C) groups is 1. The summed E-state index contributed by atoms with van der Waals surface area (Å²) in [6, 6.07) is 6.12. The summed E-state index contributed by atoms with van der Waals surface area (Å²) in [7, 11) is 0. The number of amidine groups is 1. The Bertz CT molecular complexity index is 1320. The molecule has 2 fully saturated rings. The van der Waals surface area contributed by atoms with Crippen LogP contribution in [0.1, 0.15) is 24.0 Å². The first-order valence-corrected chi connectivity index (χ1v) is 11.9. The van der Waals surface area contributed by atoms with Gasteiger partial charge in [-0.25, -0.2) is 19.3 Å². The lowest BCUT2D eigenvalue weighted by molar-refractivity contribution is -0.138. The number of nitrogens with zero attached hydrogens (tertiary/aromatic N) is 5. The van der Waals surface area contributed by atoms with Gasteiger partial charge >= 0.3 is 6.18 Å². The predicted molar refractivity (Wildman–Crippen MR) is 134 cm³/mol. The predicted octanol–water partition coefficient (Wildman–Crippen LogP) is 4.03. The minimum Gasteiger partial charge on any atom is -0.398 e. The number of aromatic nitrogens is 1. The van der Waals surface area contributed by atoms with Crippen LogP contribution in [0.15, 0.2) is 60.0 Å². The molecular weight excluding hydrogens is 528 g/mol. The van der Waals surface area contributed by atoms with E-state index in [1.54, 1.807) is 4.90 Å². The molecule has 2 aliphatic heterocycles. The lowest BCUT2D eigenvalue weighted by Crippen LogP contribution is -2.49. The number of rotatable bonds is 5. The van der Waals surface area contributed by atoms with Crippen LogP contribution in [0.25, 0.3) is 5.70 Å². The van der Waals surface area contributed by atoms with Crippen molar-refractivity contribution in [2.45, 2.75) is 19.0 Å². The van der Waals surface area contributed by atoms with Gasteiger partial charge in [0.1, 0.15) is 23.3 Å². The SMILES string of the molecule is C=C(/N=C(\C=C(/N)c1ccc(F)c(Cl)c1)N1CCN(c2ncccc2C(F)(F)F)CC1)N1C(=O)CCC1=O. The fourth-order valence-electron chi connectivity index (χ4n) is 4.16. The molecule has 0 atom stereocenters. The first kappa shape index (κ1) is 27.1. The van der Waals surface area contributed by atoms with E-state index in [-0.39, 0.29) is 67.2 Å². The average Bonchev–Trinajstić information content (AvgIpc) is 3.22. The smallest absolute Gasteiger partial charge is 0.398 e. The highest BCUT2D eigenvalue weighted by atomic mass is 35.5. The first-order valence-electron chi connectivity index (χ1n) is 11.5. The summed E-state index contributed by atoms with van der Waals surface area (Å²) in [5.74, 6) is -1.57. The molecule has 0 unspecified atom stereocenters. The molecular formula is C25H23ClF4N6O2. The van der Waals surface area contributed by atoms with Crippen molar-refractivity contribution >= 4 is 40.8 Å². The monoisotopic (exact) mass is 550 g/mol. The van der Waals surface area contributed by atoms with E-state index in [2.05, 4.69) is 16.6 Å². The maximum Gasteiger partial charge on any atom is 0.419 e. The zero-order valence-electron chi connectivity index (χ0n) is 20.0. The van der Waals surface area contributed by atoms with Crippen LogP contribution in [0, 0.1) is 5.82 Å². The van der Waals surface area contributed by atoms with Crippen molar-refractivity contribution in [3.8, 4) is 0 Å². The van der Waals surface area contributed by atoms with Gasteiger partial charge in [0.2, 0.25) is 11.8 Å². The Morgan fingerprint density at radius 1 is 1.11 bits per heavy atom. The van der Waals surface area contributed by atoms with E-state index in [9.17, 15) is 27.2 Å². The molecule has 2 aliphatic rings. The largest absolute Gasteiger partial charge is 0.419 e. The molecule has 8 nitrogen and oxygen atoms in total. The van der Waals surface area contributed by atoms with E-state index in [0.717, 1.165) is 17.0 Å². The average molecular weight is 551 g/mol. The van der Waals surface area contributed by atoms with Crippen molar-refractivity contribution in [3.05, 3.63) is 77.0 Å². The normalized spacial score (nSPS) is 17.4. The van der Waals surface area contributed by atoms with Crippen LogP contribution in [0.2, 0.25) is 5.02 Å². The van der Waals surface area contributed by atoms with Crippen LogP contribution in [0.5, 0.6) is 0 Å². The zero-order chi connectivity index (χ0) is 27.6. The molecule has 2 aromatic rings. The van der Waals surface area contributed by atoms with Crippen LogP contribution in [0.3, 0.4) is 0 Å². The van der Waals surface area contributed by atoms with Crippen molar-refractivity contribution < 1.29 is 27.2 Å². The van der Waals surface area contributed by atoms with Crippen LogP contribution in [-0.2, 0) is 15.8 Å².